The summed E-state index contributed by atoms with van der Waals surface area (Å²) < 4.78 is 5.12. The Bertz CT molecular complexity index is 740. The zero-order valence-electron chi connectivity index (χ0n) is 15.0. The first kappa shape index (κ1) is 17.6. The fraction of sp³-hybridized carbons (Fsp3) is 0.217. The van der Waals surface area contributed by atoms with Crippen molar-refractivity contribution in [2.45, 2.75) is 23.8 Å². The molecule has 0 aromatic heterocycles. The maximum Gasteiger partial charge on any atom is 0.118 e. The van der Waals surface area contributed by atoms with E-state index in [2.05, 4.69) is 98.8 Å². The Hall–Kier alpha value is -2.19. The highest BCUT2D eigenvalue weighted by molar-refractivity contribution is 8.01. The van der Waals surface area contributed by atoms with E-state index in [0.717, 1.165) is 5.75 Å². The molecule has 0 amide bonds. The van der Waals surface area contributed by atoms with Crippen LogP contribution in [0.4, 0.5) is 0 Å². The van der Waals surface area contributed by atoms with E-state index in [4.69, 9.17) is 4.74 Å². The van der Waals surface area contributed by atoms with Gasteiger partial charge in [0.1, 0.15) is 5.75 Å². The molecule has 3 aromatic rings. The van der Waals surface area contributed by atoms with Crippen molar-refractivity contribution in [3.05, 3.63) is 102 Å². The largest absolute Gasteiger partial charge is 0.497 e. The van der Waals surface area contributed by atoms with Crippen molar-refractivity contribution in [1.29, 1.82) is 0 Å². The third-order valence-corrected chi connectivity index (χ3v) is 5.80. The molecule has 128 valence electrons. The molecule has 0 fully saturated rings. The number of thioether (sulfide) groups is 1. The minimum absolute atomic E-state index is 0.247. The highest BCUT2D eigenvalue weighted by atomic mass is 32.2. The molecule has 0 aliphatic heterocycles. The Morgan fingerprint density at radius 1 is 0.680 bits per heavy atom. The zero-order valence-corrected chi connectivity index (χ0v) is 15.8. The molecule has 0 radical (unpaired) electrons. The normalized spacial score (nSPS) is 11.5. The van der Waals surface area contributed by atoms with Crippen molar-refractivity contribution >= 4 is 11.8 Å². The Kier molecular flexibility index (Phi) is 5.50. The molecule has 25 heavy (non-hydrogen) atoms. The van der Waals surface area contributed by atoms with Crippen LogP contribution in [-0.4, -0.2) is 12.4 Å². The van der Waals surface area contributed by atoms with E-state index in [0.29, 0.717) is 5.25 Å². The molecule has 1 nitrogen and oxygen atoms in total. The van der Waals surface area contributed by atoms with Crippen LogP contribution in [0.2, 0.25) is 0 Å². The highest BCUT2D eigenvalue weighted by Crippen LogP contribution is 2.50. The van der Waals surface area contributed by atoms with Crippen LogP contribution < -0.4 is 4.74 Å². The first-order valence-electron chi connectivity index (χ1n) is 8.60. The van der Waals surface area contributed by atoms with Crippen LogP contribution >= 0.6 is 11.8 Å². The maximum absolute atomic E-state index is 5.37. The molecule has 3 aromatic carbocycles. The Morgan fingerprint density at radius 2 is 1.12 bits per heavy atom. The molecular weight excluding hydrogens is 324 g/mol. The lowest BCUT2D eigenvalue weighted by Crippen LogP contribution is -2.27. The second-order valence-electron chi connectivity index (χ2n) is 6.31. The lowest BCUT2D eigenvalue weighted by atomic mass is 9.84. The maximum atomic E-state index is 5.37. The van der Waals surface area contributed by atoms with Crippen LogP contribution in [0.1, 0.15) is 30.5 Å². The second kappa shape index (κ2) is 7.79. The molecule has 0 atom stereocenters. The molecular formula is C23H24OS. The molecule has 0 N–H and O–H groups in total. The van der Waals surface area contributed by atoms with Crippen molar-refractivity contribution in [3.63, 3.8) is 0 Å². The van der Waals surface area contributed by atoms with E-state index in [1.165, 1.54) is 16.7 Å². The van der Waals surface area contributed by atoms with Gasteiger partial charge in [0.25, 0.3) is 0 Å². The minimum atomic E-state index is -0.247. The van der Waals surface area contributed by atoms with E-state index in [9.17, 15) is 0 Å². The molecule has 0 unspecified atom stereocenters. The number of rotatable bonds is 6. The lowest BCUT2D eigenvalue weighted by molar-refractivity contribution is 0.414. The van der Waals surface area contributed by atoms with Gasteiger partial charge in [0, 0.05) is 5.25 Å². The van der Waals surface area contributed by atoms with Gasteiger partial charge in [-0.05, 0) is 28.8 Å². The monoisotopic (exact) mass is 348 g/mol. The summed E-state index contributed by atoms with van der Waals surface area (Å²) in [4.78, 5) is 0. The predicted octanol–water partition coefficient (Wildman–Crippen LogP) is 6.13. The topological polar surface area (TPSA) is 9.23 Å². The Labute approximate surface area is 155 Å². The smallest absolute Gasteiger partial charge is 0.118 e. The third kappa shape index (κ3) is 3.59. The Morgan fingerprint density at radius 3 is 1.52 bits per heavy atom. The van der Waals surface area contributed by atoms with Gasteiger partial charge < -0.3 is 4.74 Å². The quantitative estimate of drug-likeness (QED) is 0.496. The fourth-order valence-corrected chi connectivity index (χ4v) is 4.75. The minimum Gasteiger partial charge on any atom is -0.497 e. The Balaban J connectivity index is 2.27. The number of methoxy groups -OCH3 is 1. The van der Waals surface area contributed by atoms with Crippen LogP contribution in [0.15, 0.2) is 84.9 Å². The number of ether oxygens (including phenoxy) is 1. The highest BCUT2D eigenvalue weighted by Gasteiger charge is 2.37. The van der Waals surface area contributed by atoms with Gasteiger partial charge in [-0.15, -0.1) is 11.8 Å². The lowest BCUT2D eigenvalue weighted by Gasteiger charge is -2.37. The van der Waals surface area contributed by atoms with Crippen molar-refractivity contribution in [2.75, 3.05) is 7.11 Å². The molecule has 0 spiro atoms. The summed E-state index contributed by atoms with van der Waals surface area (Å²) in [6, 6.07) is 30.0. The summed E-state index contributed by atoms with van der Waals surface area (Å²) in [7, 11) is 1.71. The van der Waals surface area contributed by atoms with Crippen molar-refractivity contribution in [2.24, 2.45) is 0 Å². The number of hydrogen-bond donors (Lipinski definition) is 0. The van der Waals surface area contributed by atoms with E-state index >= 15 is 0 Å². The summed E-state index contributed by atoms with van der Waals surface area (Å²) in [6.45, 7) is 4.52. The van der Waals surface area contributed by atoms with E-state index < -0.39 is 0 Å². The predicted molar refractivity (Wildman–Crippen MR) is 108 cm³/mol. The summed E-state index contributed by atoms with van der Waals surface area (Å²) in [5.74, 6) is 0.883. The SMILES string of the molecule is COc1ccc(C(SC(C)C)(c2ccccc2)c2ccccc2)cc1. The van der Waals surface area contributed by atoms with Gasteiger partial charge in [-0.3, -0.25) is 0 Å². The van der Waals surface area contributed by atoms with E-state index in [-0.39, 0.29) is 4.75 Å². The van der Waals surface area contributed by atoms with Crippen molar-refractivity contribution in [3.8, 4) is 5.75 Å². The molecule has 0 aliphatic carbocycles. The molecule has 0 bridgehead atoms. The fourth-order valence-electron chi connectivity index (χ4n) is 3.23. The van der Waals surface area contributed by atoms with Crippen LogP contribution in [0, 0.1) is 0 Å². The van der Waals surface area contributed by atoms with E-state index in [1.54, 1.807) is 7.11 Å². The molecule has 3 rings (SSSR count). The van der Waals surface area contributed by atoms with Crippen LogP contribution in [0.3, 0.4) is 0 Å². The molecule has 0 aliphatic rings. The summed E-state index contributed by atoms with van der Waals surface area (Å²) in [5.41, 5.74) is 3.86. The van der Waals surface area contributed by atoms with Crippen molar-refractivity contribution in [1.82, 2.24) is 0 Å². The van der Waals surface area contributed by atoms with E-state index in [1.807, 2.05) is 11.8 Å². The van der Waals surface area contributed by atoms with Gasteiger partial charge in [0.2, 0.25) is 0 Å². The van der Waals surface area contributed by atoms with Gasteiger partial charge in [-0.25, -0.2) is 0 Å². The van der Waals surface area contributed by atoms with Crippen LogP contribution in [-0.2, 0) is 4.75 Å². The number of benzene rings is 3. The molecule has 0 heterocycles. The summed E-state index contributed by atoms with van der Waals surface area (Å²) in [5, 5.41) is 0.475. The van der Waals surface area contributed by atoms with Crippen LogP contribution in [0.25, 0.3) is 0 Å². The van der Waals surface area contributed by atoms with Gasteiger partial charge >= 0.3 is 0 Å². The summed E-state index contributed by atoms with van der Waals surface area (Å²) >= 11 is 1.98. The van der Waals surface area contributed by atoms with Gasteiger partial charge in [0.05, 0.1) is 11.9 Å². The van der Waals surface area contributed by atoms with Gasteiger partial charge in [0.15, 0.2) is 0 Å². The average Bonchev–Trinajstić information content (AvgIpc) is 2.67. The van der Waals surface area contributed by atoms with Gasteiger partial charge in [-0.2, -0.15) is 0 Å². The number of hydrogen-bond acceptors (Lipinski definition) is 2. The van der Waals surface area contributed by atoms with Crippen LogP contribution in [0.5, 0.6) is 5.75 Å². The second-order valence-corrected chi connectivity index (χ2v) is 8.10. The zero-order chi connectivity index (χ0) is 17.7. The molecule has 2 heteroatoms. The molecule has 0 saturated carbocycles. The third-order valence-electron chi connectivity index (χ3n) is 4.27. The van der Waals surface area contributed by atoms with Gasteiger partial charge in [-0.1, -0.05) is 86.6 Å². The first-order valence-corrected chi connectivity index (χ1v) is 9.48. The summed E-state index contributed by atoms with van der Waals surface area (Å²) in [6.07, 6.45) is 0. The molecule has 0 saturated heterocycles. The average molecular weight is 349 g/mol. The van der Waals surface area contributed by atoms with Crippen molar-refractivity contribution < 1.29 is 4.74 Å². The first-order chi connectivity index (χ1) is 12.2. The standard InChI is InChI=1S/C23H24OS/c1-18(2)25-23(19-10-6-4-7-11-19,20-12-8-5-9-13-20)21-14-16-22(24-3)17-15-21/h4-18H,1-3H3.